The molecule has 0 unspecified atom stereocenters. The maximum absolute atomic E-state index is 12.1. The maximum atomic E-state index is 12.1. The zero-order chi connectivity index (χ0) is 16.6. The summed E-state index contributed by atoms with van der Waals surface area (Å²) in [6.45, 7) is 0.0132. The van der Waals surface area contributed by atoms with Gasteiger partial charge in [-0.05, 0) is 34.7 Å². The van der Waals surface area contributed by atoms with Gasteiger partial charge >= 0.3 is 0 Å². The second kappa shape index (κ2) is 6.07. The Bertz CT molecular complexity index is 848. The van der Waals surface area contributed by atoms with Gasteiger partial charge in [0, 0.05) is 33.9 Å². The van der Waals surface area contributed by atoms with Crippen molar-refractivity contribution in [3.8, 4) is 0 Å². The Balaban J connectivity index is 2.27. The molecule has 0 saturated carbocycles. The number of anilines is 1. The van der Waals surface area contributed by atoms with Crippen molar-refractivity contribution in [3.05, 3.63) is 67.3 Å². The van der Waals surface area contributed by atoms with Gasteiger partial charge < -0.3 is 4.90 Å². The number of benzene rings is 2. The molecule has 1 aliphatic rings. The normalized spacial score (nSPS) is 14.1. The van der Waals surface area contributed by atoms with E-state index in [2.05, 4.69) is 27.6 Å². The molecule has 2 aromatic rings. The molecule has 116 valence electrons. The minimum Gasteiger partial charge on any atom is -0.313 e. The average Bonchev–Trinajstić information content (AvgIpc) is 2.66. The summed E-state index contributed by atoms with van der Waals surface area (Å²) in [7, 11) is 1.65. The first-order chi connectivity index (χ1) is 11.0. The van der Waals surface area contributed by atoms with Gasteiger partial charge in [0.05, 0.1) is 16.3 Å². The number of non-ortho nitro benzene ring substituents is 1. The second-order valence-electron chi connectivity index (χ2n) is 5.06. The molecule has 23 heavy (non-hydrogen) atoms. The monoisotopic (exact) mass is 419 g/mol. The van der Waals surface area contributed by atoms with E-state index in [4.69, 9.17) is 0 Å². The van der Waals surface area contributed by atoms with Gasteiger partial charge in [0.15, 0.2) is 0 Å². The average molecular weight is 419 g/mol. The Labute approximate surface area is 146 Å². The first kappa shape index (κ1) is 15.6. The lowest BCUT2D eigenvalue weighted by atomic mass is 9.99. The largest absolute Gasteiger partial charge is 0.313 e. The number of likely N-dealkylation sites (N-methyl/N-ethyl adjacent to an activating group) is 1. The van der Waals surface area contributed by atoms with Crippen molar-refractivity contribution < 1.29 is 9.72 Å². The molecule has 3 rings (SSSR count). The Morgan fingerprint density at radius 1 is 1.22 bits per heavy atom. The summed E-state index contributed by atoms with van der Waals surface area (Å²) >= 11 is 2.19. The van der Waals surface area contributed by atoms with Crippen molar-refractivity contribution >= 4 is 45.6 Å². The van der Waals surface area contributed by atoms with Crippen molar-refractivity contribution in [3.63, 3.8) is 0 Å². The van der Waals surface area contributed by atoms with Crippen LogP contribution >= 0.6 is 22.6 Å². The molecule has 0 saturated heterocycles. The van der Waals surface area contributed by atoms with E-state index >= 15 is 0 Å². The summed E-state index contributed by atoms with van der Waals surface area (Å²) in [5, 5.41) is 11.1. The summed E-state index contributed by atoms with van der Waals surface area (Å²) in [6.07, 6.45) is 0. The van der Waals surface area contributed by atoms with E-state index in [0.717, 1.165) is 9.13 Å². The van der Waals surface area contributed by atoms with Crippen LogP contribution in [0.4, 0.5) is 11.4 Å². The molecule has 0 bridgehead atoms. The Morgan fingerprint density at radius 2 is 1.96 bits per heavy atom. The van der Waals surface area contributed by atoms with Gasteiger partial charge in [-0.15, -0.1) is 0 Å². The van der Waals surface area contributed by atoms with E-state index in [0.29, 0.717) is 17.0 Å². The predicted octanol–water partition coefficient (Wildman–Crippen LogP) is 3.01. The molecule has 1 heterocycles. The van der Waals surface area contributed by atoms with Crippen LogP contribution in [0, 0.1) is 13.7 Å². The fourth-order valence-corrected chi connectivity index (χ4v) is 3.12. The predicted molar refractivity (Wildman–Crippen MR) is 96.2 cm³/mol. The number of carbonyl (C=O) groups is 1. The summed E-state index contributed by atoms with van der Waals surface area (Å²) in [6, 6.07) is 12.1. The van der Waals surface area contributed by atoms with Gasteiger partial charge in [-0.2, -0.15) is 0 Å². The molecule has 0 spiro atoms. The topological polar surface area (TPSA) is 75.8 Å². The third kappa shape index (κ3) is 2.83. The highest BCUT2D eigenvalue weighted by Crippen LogP contribution is 2.30. The van der Waals surface area contributed by atoms with Crippen molar-refractivity contribution in [2.75, 3.05) is 18.5 Å². The first-order valence-corrected chi connectivity index (χ1v) is 7.91. The lowest BCUT2D eigenvalue weighted by Gasteiger charge is -2.18. The molecule has 1 amide bonds. The van der Waals surface area contributed by atoms with Gasteiger partial charge in [-0.1, -0.05) is 18.2 Å². The molecule has 7 heteroatoms. The SMILES string of the molecule is CN1C(=O)CN=C(c2ccccc2[125I])c2cc([N+](=O)[O-])ccc21. The molecule has 1 aliphatic heterocycles. The van der Waals surface area contributed by atoms with Crippen molar-refractivity contribution in [1.29, 1.82) is 0 Å². The summed E-state index contributed by atoms with van der Waals surface area (Å²) in [5.74, 6) is -0.152. The molecular weight excluding hydrogens is 407 g/mol. The number of carbonyl (C=O) groups excluding carboxylic acids is 1. The minimum absolute atomic E-state index is 0.0132. The van der Waals surface area contributed by atoms with Gasteiger partial charge in [-0.25, -0.2) is 0 Å². The number of halogens is 1. The van der Waals surface area contributed by atoms with Crippen molar-refractivity contribution in [1.82, 2.24) is 0 Å². The van der Waals surface area contributed by atoms with E-state index in [1.165, 1.54) is 17.0 Å². The minimum atomic E-state index is -0.444. The fourth-order valence-electron chi connectivity index (χ4n) is 2.48. The number of nitrogens with zero attached hydrogens (tertiary/aromatic N) is 3. The molecule has 6 nitrogen and oxygen atoms in total. The maximum Gasteiger partial charge on any atom is 0.270 e. The standard InChI is InChI=1S/C16H12IN3O3/c1-19-14-7-6-10(20(22)23)8-12(14)16(18-9-15(19)21)11-4-2-3-5-13(11)17/h2-8H,9H2,1H3/i17-2. The Kier molecular flexibility index (Phi) is 4.12. The highest BCUT2D eigenvalue weighted by Gasteiger charge is 2.25. The molecule has 0 N–H and O–H groups in total. The van der Waals surface area contributed by atoms with Crippen LogP contribution in [0.15, 0.2) is 47.5 Å². The van der Waals surface area contributed by atoms with Crippen LogP contribution in [0.25, 0.3) is 0 Å². The second-order valence-corrected chi connectivity index (χ2v) is 6.22. The quantitative estimate of drug-likeness (QED) is 0.427. The van der Waals surface area contributed by atoms with Crippen LogP contribution < -0.4 is 4.90 Å². The third-order valence-corrected chi connectivity index (χ3v) is 4.62. The number of hydrogen-bond donors (Lipinski definition) is 0. The molecule has 0 fully saturated rings. The van der Waals surface area contributed by atoms with E-state index in [-0.39, 0.29) is 18.1 Å². The van der Waals surface area contributed by atoms with Crippen LogP contribution in [0.3, 0.4) is 0 Å². The smallest absolute Gasteiger partial charge is 0.270 e. The summed E-state index contributed by atoms with van der Waals surface area (Å²) in [4.78, 5) is 28.7. The van der Waals surface area contributed by atoms with Gasteiger partial charge in [-0.3, -0.25) is 19.9 Å². The fraction of sp³-hybridized carbons (Fsp3) is 0.125. The zero-order valence-corrected chi connectivity index (χ0v) is 14.4. The van der Waals surface area contributed by atoms with Crippen LogP contribution in [0.1, 0.15) is 11.1 Å². The highest BCUT2D eigenvalue weighted by atomic mass is 125. The number of nitro benzene ring substituents is 1. The van der Waals surface area contributed by atoms with Crippen LogP contribution in [-0.4, -0.2) is 30.1 Å². The molecular formula is C16H12IN3O3. The van der Waals surface area contributed by atoms with Crippen molar-refractivity contribution in [2.45, 2.75) is 0 Å². The Hall–Kier alpha value is -2.29. The number of fused-ring (bicyclic) bond motifs is 1. The van der Waals surface area contributed by atoms with Crippen LogP contribution in [-0.2, 0) is 4.79 Å². The van der Waals surface area contributed by atoms with Gasteiger partial charge in [0.1, 0.15) is 6.54 Å². The van der Waals surface area contributed by atoms with Gasteiger partial charge in [0.25, 0.3) is 5.69 Å². The van der Waals surface area contributed by atoms with Crippen LogP contribution in [0.2, 0.25) is 0 Å². The summed E-state index contributed by atoms with van der Waals surface area (Å²) in [5.41, 5.74) is 2.66. The van der Waals surface area contributed by atoms with Crippen LogP contribution in [0.5, 0.6) is 0 Å². The van der Waals surface area contributed by atoms with Gasteiger partial charge in [0.2, 0.25) is 5.91 Å². The molecule has 2 aromatic carbocycles. The van der Waals surface area contributed by atoms with E-state index < -0.39 is 4.92 Å². The number of amides is 1. The first-order valence-electron chi connectivity index (χ1n) is 6.84. The zero-order valence-electron chi connectivity index (χ0n) is 12.2. The van der Waals surface area contributed by atoms with Crippen molar-refractivity contribution in [2.24, 2.45) is 4.99 Å². The molecule has 0 atom stereocenters. The van der Waals surface area contributed by atoms with E-state index in [9.17, 15) is 14.9 Å². The summed E-state index contributed by atoms with van der Waals surface area (Å²) < 4.78 is 0.971. The number of nitro groups is 1. The number of rotatable bonds is 2. The molecule has 0 aliphatic carbocycles. The van der Waals surface area contributed by atoms with E-state index in [1.54, 1.807) is 13.1 Å². The lowest BCUT2D eigenvalue weighted by Crippen LogP contribution is -2.27. The number of benzodiazepines with no additional fused rings is 1. The number of aliphatic imine (C=N–C) groups is 1. The number of hydrogen-bond acceptors (Lipinski definition) is 4. The molecule has 0 aromatic heterocycles. The highest BCUT2D eigenvalue weighted by molar-refractivity contribution is 14.1. The lowest BCUT2D eigenvalue weighted by molar-refractivity contribution is -0.384. The molecule has 0 radical (unpaired) electrons. The van der Waals surface area contributed by atoms with E-state index in [1.807, 2.05) is 24.3 Å². The third-order valence-electron chi connectivity index (χ3n) is 3.68. The Morgan fingerprint density at radius 3 is 2.65 bits per heavy atom.